The van der Waals surface area contributed by atoms with Crippen LogP contribution in [0, 0.1) is 0 Å². The van der Waals surface area contributed by atoms with Crippen LogP contribution in [0.15, 0.2) is 156 Å². The van der Waals surface area contributed by atoms with Crippen LogP contribution in [-0.2, 0) is 5.41 Å². The molecule has 8 aromatic carbocycles. The zero-order valence-electron chi connectivity index (χ0n) is 28.7. The van der Waals surface area contributed by atoms with Crippen LogP contribution in [0.4, 0.5) is 0 Å². The zero-order valence-corrected chi connectivity index (χ0v) is 28.7. The highest BCUT2D eigenvalue weighted by molar-refractivity contribution is 6.27. The van der Waals surface area contributed by atoms with Crippen LogP contribution in [-0.4, -0.2) is 15.0 Å². The lowest BCUT2D eigenvalue weighted by Crippen LogP contribution is -2.14. The third kappa shape index (κ3) is 4.06. The summed E-state index contributed by atoms with van der Waals surface area (Å²) in [5, 5.41) is 9.28. The van der Waals surface area contributed by atoms with Crippen LogP contribution in [0.5, 0.6) is 0 Å². The Bertz CT molecular complexity index is 3100. The first-order chi connectivity index (χ1) is 25.5. The Kier molecular flexibility index (Phi) is 5.98. The fourth-order valence-electron chi connectivity index (χ4n) is 8.68. The molecule has 0 unspecified atom stereocenters. The monoisotopic (exact) mass is 665 g/mol. The molecule has 0 saturated carbocycles. The van der Waals surface area contributed by atoms with Crippen LogP contribution in [0.3, 0.4) is 0 Å². The first-order valence-electron chi connectivity index (χ1n) is 17.8. The van der Waals surface area contributed by atoms with Crippen molar-refractivity contribution in [3.8, 4) is 45.3 Å². The molecule has 244 valence electrons. The lowest BCUT2D eigenvalue weighted by molar-refractivity contribution is 0.661. The summed E-state index contributed by atoms with van der Waals surface area (Å²) < 4.78 is 6.28. The summed E-state index contributed by atoms with van der Waals surface area (Å²) in [6.45, 7) is 4.70. The van der Waals surface area contributed by atoms with Gasteiger partial charge >= 0.3 is 0 Å². The molecule has 2 aromatic heterocycles. The van der Waals surface area contributed by atoms with Gasteiger partial charge in [-0.25, -0.2) is 15.0 Å². The molecule has 11 rings (SSSR count). The van der Waals surface area contributed by atoms with E-state index in [0.717, 1.165) is 49.4 Å². The summed E-state index contributed by atoms with van der Waals surface area (Å²) in [5.74, 6) is 1.88. The maximum Gasteiger partial charge on any atom is 0.164 e. The number of nitrogens with zero attached hydrogens (tertiary/aromatic N) is 3. The molecule has 0 fully saturated rings. The van der Waals surface area contributed by atoms with E-state index in [4.69, 9.17) is 19.4 Å². The van der Waals surface area contributed by atoms with Crippen LogP contribution < -0.4 is 0 Å². The fourth-order valence-corrected chi connectivity index (χ4v) is 8.68. The highest BCUT2D eigenvalue weighted by Crippen LogP contribution is 2.53. The van der Waals surface area contributed by atoms with E-state index in [1.54, 1.807) is 0 Å². The van der Waals surface area contributed by atoms with Crippen molar-refractivity contribution in [2.75, 3.05) is 0 Å². The quantitative estimate of drug-likeness (QED) is 0.176. The molecule has 52 heavy (non-hydrogen) atoms. The molecule has 0 amide bonds. The summed E-state index contributed by atoms with van der Waals surface area (Å²) in [6, 6.07) is 53.5. The maximum absolute atomic E-state index is 6.28. The summed E-state index contributed by atoms with van der Waals surface area (Å²) in [6.07, 6.45) is 0. The van der Waals surface area contributed by atoms with E-state index in [9.17, 15) is 0 Å². The van der Waals surface area contributed by atoms with Crippen LogP contribution in [0.25, 0.3) is 99.5 Å². The number of hydrogen-bond donors (Lipinski definition) is 0. The summed E-state index contributed by atoms with van der Waals surface area (Å²) in [5.41, 5.74) is 9.80. The van der Waals surface area contributed by atoms with Gasteiger partial charge in [0.15, 0.2) is 17.5 Å². The predicted octanol–water partition coefficient (Wildman–Crippen LogP) is 12.5. The van der Waals surface area contributed by atoms with Gasteiger partial charge in [-0.05, 0) is 72.8 Å². The highest BCUT2D eigenvalue weighted by atomic mass is 16.3. The fraction of sp³-hybridized carbons (Fsp3) is 0.0625. The molecule has 10 aromatic rings. The van der Waals surface area contributed by atoms with Crippen molar-refractivity contribution in [2.24, 2.45) is 0 Å². The number of fused-ring (bicyclic) bond motifs is 12. The molecule has 1 aliphatic carbocycles. The molecule has 0 saturated heterocycles. The Hall–Kier alpha value is -6.65. The Balaban J connectivity index is 1.23. The van der Waals surface area contributed by atoms with Gasteiger partial charge in [0.25, 0.3) is 0 Å². The third-order valence-electron chi connectivity index (χ3n) is 11.1. The van der Waals surface area contributed by atoms with Crippen molar-refractivity contribution in [3.63, 3.8) is 0 Å². The molecule has 0 radical (unpaired) electrons. The van der Waals surface area contributed by atoms with Crippen molar-refractivity contribution < 1.29 is 4.42 Å². The van der Waals surface area contributed by atoms with E-state index in [1.807, 2.05) is 48.5 Å². The van der Waals surface area contributed by atoms with E-state index in [-0.39, 0.29) is 5.41 Å². The number of aromatic nitrogens is 3. The van der Waals surface area contributed by atoms with Crippen molar-refractivity contribution in [1.29, 1.82) is 0 Å². The minimum Gasteiger partial charge on any atom is -0.456 e. The van der Waals surface area contributed by atoms with E-state index in [0.29, 0.717) is 17.5 Å². The summed E-state index contributed by atoms with van der Waals surface area (Å²) in [4.78, 5) is 15.6. The van der Waals surface area contributed by atoms with Crippen LogP contribution in [0.2, 0.25) is 0 Å². The van der Waals surface area contributed by atoms with E-state index in [2.05, 4.69) is 117 Å². The van der Waals surface area contributed by atoms with Gasteiger partial charge in [-0.1, -0.05) is 147 Å². The minimum absolute atomic E-state index is 0.0870. The van der Waals surface area contributed by atoms with E-state index >= 15 is 0 Å². The summed E-state index contributed by atoms with van der Waals surface area (Å²) >= 11 is 0. The third-order valence-corrected chi connectivity index (χ3v) is 11.1. The van der Waals surface area contributed by atoms with Gasteiger partial charge in [0.1, 0.15) is 11.2 Å². The number of rotatable bonds is 3. The zero-order chi connectivity index (χ0) is 34.6. The molecule has 1 aliphatic rings. The first kappa shape index (κ1) is 29.1. The maximum atomic E-state index is 6.28. The number of furan rings is 1. The van der Waals surface area contributed by atoms with E-state index in [1.165, 1.54) is 43.8 Å². The van der Waals surface area contributed by atoms with Gasteiger partial charge in [0, 0.05) is 32.9 Å². The highest BCUT2D eigenvalue weighted by Gasteiger charge is 2.36. The van der Waals surface area contributed by atoms with Crippen molar-refractivity contribution in [3.05, 3.63) is 163 Å². The van der Waals surface area contributed by atoms with Gasteiger partial charge in [-0.2, -0.15) is 0 Å². The second-order valence-corrected chi connectivity index (χ2v) is 14.3. The molecule has 4 heteroatoms. The average molecular weight is 666 g/mol. The molecule has 0 bridgehead atoms. The van der Waals surface area contributed by atoms with Gasteiger partial charge in [-0.15, -0.1) is 0 Å². The molecule has 0 N–H and O–H groups in total. The molecule has 0 aliphatic heterocycles. The van der Waals surface area contributed by atoms with E-state index < -0.39 is 0 Å². The predicted molar refractivity (Wildman–Crippen MR) is 213 cm³/mol. The summed E-state index contributed by atoms with van der Waals surface area (Å²) in [7, 11) is 0. The Morgan fingerprint density at radius 3 is 1.92 bits per heavy atom. The van der Waals surface area contributed by atoms with Crippen molar-refractivity contribution in [2.45, 2.75) is 19.3 Å². The smallest absolute Gasteiger partial charge is 0.164 e. The van der Waals surface area contributed by atoms with Gasteiger partial charge in [-0.3, -0.25) is 0 Å². The molecular weight excluding hydrogens is 635 g/mol. The first-order valence-corrected chi connectivity index (χ1v) is 17.8. The topological polar surface area (TPSA) is 51.8 Å². The SMILES string of the molecule is CC1(C)c2ccccc2-c2c1ccc1ccc3cc(-c4nc(-c5ccccc5)nc(-c5cccc6oc7ccccc7c56)n4)c4ccccc4c3c21. The number of benzene rings is 8. The second-order valence-electron chi connectivity index (χ2n) is 14.3. The second kappa shape index (κ2) is 10.7. The molecule has 2 heterocycles. The van der Waals surface area contributed by atoms with Gasteiger partial charge in [0.2, 0.25) is 0 Å². The Morgan fingerprint density at radius 1 is 0.423 bits per heavy atom. The molecule has 4 nitrogen and oxygen atoms in total. The van der Waals surface area contributed by atoms with Crippen LogP contribution >= 0.6 is 0 Å². The number of hydrogen-bond acceptors (Lipinski definition) is 4. The molecular formula is C48H31N3O. The average Bonchev–Trinajstić information content (AvgIpc) is 3.69. The Morgan fingerprint density at radius 2 is 1.06 bits per heavy atom. The largest absolute Gasteiger partial charge is 0.456 e. The molecule has 0 atom stereocenters. The van der Waals surface area contributed by atoms with Crippen molar-refractivity contribution in [1.82, 2.24) is 15.0 Å². The van der Waals surface area contributed by atoms with Crippen LogP contribution in [0.1, 0.15) is 25.0 Å². The van der Waals surface area contributed by atoms with Gasteiger partial charge < -0.3 is 4.42 Å². The normalized spacial score (nSPS) is 13.3. The minimum atomic E-state index is -0.0870. The lowest BCUT2D eigenvalue weighted by Gasteiger charge is -2.22. The Labute approximate surface area is 300 Å². The standard InChI is InChI=1S/C48H31N3O/c1-48(2)37-20-10-8-17-33(37)44-38(48)26-25-28-23-24-30-27-36(31-15-6-7-16-32(31)41(30)42(28)44)47-50-45(29-13-4-3-5-14-29)49-46(51-47)35-19-12-22-40-43(35)34-18-9-11-21-39(34)52-40/h3-27H,1-2H3. The lowest BCUT2D eigenvalue weighted by atomic mass is 9.81. The van der Waals surface area contributed by atoms with Crippen molar-refractivity contribution >= 4 is 54.3 Å². The molecule has 0 spiro atoms. The number of para-hydroxylation sites is 1. The van der Waals surface area contributed by atoms with Gasteiger partial charge in [0.05, 0.1) is 0 Å².